The third-order valence-electron chi connectivity index (χ3n) is 4.63. The van der Waals surface area contributed by atoms with E-state index in [9.17, 15) is 13.2 Å². The minimum atomic E-state index is -3.67. The number of amides is 1. The maximum absolute atomic E-state index is 12.6. The molecule has 2 aromatic rings. The van der Waals surface area contributed by atoms with Gasteiger partial charge in [0.25, 0.3) is 0 Å². The molecule has 2 rings (SSSR count). The van der Waals surface area contributed by atoms with Gasteiger partial charge in [-0.3, -0.25) is 9.10 Å². The number of benzene rings is 2. The second kappa shape index (κ2) is 9.65. The van der Waals surface area contributed by atoms with E-state index in [0.29, 0.717) is 11.4 Å². The quantitative estimate of drug-likeness (QED) is 0.631. The van der Waals surface area contributed by atoms with Gasteiger partial charge in [-0.2, -0.15) is 0 Å². The Morgan fingerprint density at radius 3 is 2.38 bits per heavy atom. The number of carbonyl (C=O) groups is 1. The second-order valence-electron chi connectivity index (χ2n) is 6.77. The van der Waals surface area contributed by atoms with E-state index in [1.807, 2.05) is 32.0 Å². The van der Waals surface area contributed by atoms with Gasteiger partial charge in [-0.25, -0.2) is 8.42 Å². The van der Waals surface area contributed by atoms with Gasteiger partial charge in [0.15, 0.2) is 0 Å². The lowest BCUT2D eigenvalue weighted by Crippen LogP contribution is -2.48. The van der Waals surface area contributed by atoms with Gasteiger partial charge in [-0.1, -0.05) is 12.1 Å². The number of carbonyl (C=O) groups excluding carboxylic acids is 1. The minimum Gasteiger partial charge on any atom is -0.497 e. The van der Waals surface area contributed by atoms with Crippen LogP contribution in [0.2, 0.25) is 0 Å². The summed E-state index contributed by atoms with van der Waals surface area (Å²) in [5, 5.41) is 2.74. The van der Waals surface area contributed by atoms with Crippen molar-refractivity contribution in [2.45, 2.75) is 26.8 Å². The number of nitrogens with one attached hydrogen (secondary N) is 1. The fourth-order valence-corrected chi connectivity index (χ4v) is 4.08. The van der Waals surface area contributed by atoms with Gasteiger partial charge in [-0.05, 0) is 62.2 Å². The molecule has 0 fully saturated rings. The molecule has 1 unspecified atom stereocenters. The van der Waals surface area contributed by atoms with Crippen LogP contribution in [0.4, 0.5) is 5.69 Å². The maximum atomic E-state index is 12.6. The Kier molecular flexibility index (Phi) is 7.50. The van der Waals surface area contributed by atoms with Crippen LogP contribution in [0.3, 0.4) is 0 Å². The molecule has 1 atom stereocenters. The summed E-state index contributed by atoms with van der Waals surface area (Å²) >= 11 is 0. The largest absolute Gasteiger partial charge is 0.497 e. The molecule has 0 saturated heterocycles. The summed E-state index contributed by atoms with van der Waals surface area (Å²) < 4.78 is 36.5. The van der Waals surface area contributed by atoms with Gasteiger partial charge >= 0.3 is 0 Å². The third-order valence-corrected chi connectivity index (χ3v) is 5.87. The van der Waals surface area contributed by atoms with Gasteiger partial charge in [0.1, 0.15) is 24.1 Å². The Labute approximate surface area is 172 Å². The Balaban J connectivity index is 2.00. The molecule has 1 N–H and O–H groups in total. The Morgan fingerprint density at radius 2 is 1.79 bits per heavy atom. The van der Waals surface area contributed by atoms with Gasteiger partial charge in [0, 0.05) is 0 Å². The number of hydrogen-bond acceptors (Lipinski definition) is 5. The number of aryl methyl sites for hydroxylation is 1. The highest BCUT2D eigenvalue weighted by molar-refractivity contribution is 7.92. The second-order valence-corrected chi connectivity index (χ2v) is 8.63. The number of methoxy groups -OCH3 is 1. The van der Waals surface area contributed by atoms with E-state index in [1.54, 1.807) is 31.2 Å². The Morgan fingerprint density at radius 1 is 1.14 bits per heavy atom. The molecular weight excluding hydrogens is 392 g/mol. The van der Waals surface area contributed by atoms with Gasteiger partial charge < -0.3 is 14.8 Å². The molecule has 7 nitrogen and oxygen atoms in total. The van der Waals surface area contributed by atoms with Crippen LogP contribution in [0.25, 0.3) is 0 Å². The molecule has 0 bridgehead atoms. The van der Waals surface area contributed by atoms with Crippen LogP contribution in [0, 0.1) is 13.8 Å². The van der Waals surface area contributed by atoms with Crippen LogP contribution in [0.1, 0.15) is 18.1 Å². The first-order valence-corrected chi connectivity index (χ1v) is 11.1. The molecule has 0 spiro atoms. The number of anilines is 1. The van der Waals surface area contributed by atoms with Crippen LogP contribution >= 0.6 is 0 Å². The number of nitrogens with zero attached hydrogens (tertiary/aromatic N) is 1. The predicted octanol–water partition coefficient (Wildman–Crippen LogP) is 2.66. The Bertz CT molecular complexity index is 942. The number of ether oxygens (including phenoxy) is 2. The van der Waals surface area contributed by atoms with Crippen molar-refractivity contribution in [1.29, 1.82) is 0 Å². The fraction of sp³-hybridized carbons (Fsp3) is 0.381. The molecule has 0 aliphatic carbocycles. The van der Waals surface area contributed by atoms with Crippen molar-refractivity contribution in [3.63, 3.8) is 0 Å². The van der Waals surface area contributed by atoms with E-state index in [2.05, 4.69) is 5.32 Å². The lowest BCUT2D eigenvalue weighted by Gasteiger charge is -2.28. The van der Waals surface area contributed by atoms with Crippen molar-refractivity contribution >= 4 is 21.6 Å². The lowest BCUT2D eigenvalue weighted by molar-refractivity contribution is -0.121. The van der Waals surface area contributed by atoms with Crippen molar-refractivity contribution in [3.8, 4) is 11.5 Å². The van der Waals surface area contributed by atoms with Crippen LogP contribution < -0.4 is 19.1 Å². The van der Waals surface area contributed by atoms with Crippen molar-refractivity contribution in [2.75, 3.05) is 30.8 Å². The van der Waals surface area contributed by atoms with E-state index in [1.165, 1.54) is 7.11 Å². The summed E-state index contributed by atoms with van der Waals surface area (Å²) in [6, 6.07) is 11.4. The fourth-order valence-electron chi connectivity index (χ4n) is 2.90. The van der Waals surface area contributed by atoms with Gasteiger partial charge in [-0.15, -0.1) is 0 Å². The average Bonchev–Trinajstić information content (AvgIpc) is 2.67. The van der Waals surface area contributed by atoms with E-state index in [0.717, 1.165) is 27.4 Å². The molecule has 8 heteroatoms. The first kappa shape index (κ1) is 22.5. The summed E-state index contributed by atoms with van der Waals surface area (Å²) in [5.41, 5.74) is 2.57. The summed E-state index contributed by atoms with van der Waals surface area (Å²) in [7, 11) is -2.14. The lowest BCUT2D eigenvalue weighted by atomic mass is 10.1. The molecule has 0 radical (unpaired) electrons. The summed E-state index contributed by atoms with van der Waals surface area (Å²) in [5.74, 6) is 0.960. The molecule has 29 heavy (non-hydrogen) atoms. The van der Waals surface area contributed by atoms with Gasteiger partial charge in [0.2, 0.25) is 15.9 Å². The highest BCUT2D eigenvalue weighted by atomic mass is 32.2. The summed E-state index contributed by atoms with van der Waals surface area (Å²) in [6.45, 7) is 6.07. The monoisotopic (exact) mass is 420 g/mol. The maximum Gasteiger partial charge on any atom is 0.243 e. The van der Waals surface area contributed by atoms with Crippen LogP contribution in [0.5, 0.6) is 11.5 Å². The van der Waals surface area contributed by atoms with E-state index < -0.39 is 22.0 Å². The molecule has 1 amide bonds. The van der Waals surface area contributed by atoms with E-state index in [4.69, 9.17) is 9.47 Å². The highest BCUT2D eigenvalue weighted by Gasteiger charge is 2.28. The van der Waals surface area contributed by atoms with Crippen molar-refractivity contribution in [2.24, 2.45) is 0 Å². The topological polar surface area (TPSA) is 84.9 Å². The SMILES string of the molecule is COc1ccc(N(C(C)C(=O)NCCOc2cccc(C)c2C)S(C)(=O)=O)cc1. The highest BCUT2D eigenvalue weighted by Crippen LogP contribution is 2.24. The van der Waals surface area contributed by atoms with E-state index in [-0.39, 0.29) is 13.2 Å². The van der Waals surface area contributed by atoms with Crippen LogP contribution in [0.15, 0.2) is 42.5 Å². The zero-order valence-electron chi connectivity index (χ0n) is 17.4. The molecule has 0 saturated carbocycles. The van der Waals surface area contributed by atoms with Crippen molar-refractivity contribution in [1.82, 2.24) is 5.32 Å². The first-order valence-electron chi connectivity index (χ1n) is 9.25. The number of hydrogen-bond donors (Lipinski definition) is 1. The van der Waals surface area contributed by atoms with Crippen LogP contribution in [-0.2, 0) is 14.8 Å². The standard InChI is InChI=1S/C21H28N2O5S/c1-15-7-6-8-20(16(15)2)28-14-13-22-21(24)17(3)23(29(5,25)26)18-9-11-19(27-4)12-10-18/h6-12,17H,13-14H2,1-5H3,(H,22,24). The molecular formula is C21H28N2O5S. The first-order chi connectivity index (χ1) is 13.6. The summed E-state index contributed by atoms with van der Waals surface area (Å²) in [6.07, 6.45) is 1.07. The smallest absolute Gasteiger partial charge is 0.243 e. The average molecular weight is 421 g/mol. The van der Waals surface area contributed by atoms with Crippen LogP contribution in [-0.4, -0.2) is 46.9 Å². The molecule has 2 aromatic carbocycles. The molecule has 0 heterocycles. The summed E-state index contributed by atoms with van der Waals surface area (Å²) in [4.78, 5) is 12.6. The number of sulfonamides is 1. The Hall–Kier alpha value is -2.74. The molecule has 158 valence electrons. The zero-order chi connectivity index (χ0) is 21.6. The van der Waals surface area contributed by atoms with Crippen molar-refractivity contribution in [3.05, 3.63) is 53.6 Å². The van der Waals surface area contributed by atoms with Crippen molar-refractivity contribution < 1.29 is 22.7 Å². The molecule has 0 aliphatic heterocycles. The van der Waals surface area contributed by atoms with E-state index >= 15 is 0 Å². The molecule has 0 aromatic heterocycles. The minimum absolute atomic E-state index is 0.261. The molecule has 0 aliphatic rings. The normalized spacial score (nSPS) is 12.2. The third kappa shape index (κ3) is 5.87. The van der Waals surface area contributed by atoms with Gasteiger partial charge in [0.05, 0.1) is 25.6 Å². The number of rotatable bonds is 9. The zero-order valence-corrected chi connectivity index (χ0v) is 18.2. The predicted molar refractivity (Wildman–Crippen MR) is 114 cm³/mol.